The van der Waals surface area contributed by atoms with E-state index in [2.05, 4.69) is 301 Å². The Labute approximate surface area is 430 Å². The van der Waals surface area contributed by atoms with Crippen LogP contribution in [-0.4, -0.2) is 4.57 Å². The van der Waals surface area contributed by atoms with Crippen molar-refractivity contribution in [3.63, 3.8) is 0 Å². The lowest BCUT2D eigenvalue weighted by Gasteiger charge is -2.26. The van der Waals surface area contributed by atoms with E-state index in [1.807, 2.05) is 0 Å². The average Bonchev–Trinajstić information content (AvgIpc) is 3.83. The Bertz CT molecular complexity index is 4370. The minimum absolute atomic E-state index is 1.08. The maximum atomic E-state index is 2.41. The molecule has 74 heavy (non-hydrogen) atoms. The van der Waals surface area contributed by atoms with Gasteiger partial charge in [0.1, 0.15) is 0 Å². The van der Waals surface area contributed by atoms with Crippen LogP contribution in [0.1, 0.15) is 0 Å². The molecule has 14 rings (SSSR count). The molecule has 346 valence electrons. The van der Waals surface area contributed by atoms with Crippen LogP contribution in [0.5, 0.6) is 0 Å². The lowest BCUT2D eigenvalue weighted by Crippen LogP contribution is -2.09. The molecule has 0 radical (unpaired) electrons. The van der Waals surface area contributed by atoms with Crippen molar-refractivity contribution in [1.29, 1.82) is 0 Å². The van der Waals surface area contributed by atoms with E-state index >= 15 is 0 Å². The molecule has 0 saturated carbocycles. The molecule has 2 nitrogen and oxygen atoms in total. The molecule has 0 unspecified atom stereocenters. The van der Waals surface area contributed by atoms with Gasteiger partial charge in [-0.2, -0.15) is 0 Å². The van der Waals surface area contributed by atoms with Crippen LogP contribution >= 0.6 is 0 Å². The fourth-order valence-corrected chi connectivity index (χ4v) is 11.4. The quantitative estimate of drug-likeness (QED) is 0.131. The van der Waals surface area contributed by atoms with Crippen molar-refractivity contribution in [2.75, 3.05) is 4.90 Å². The van der Waals surface area contributed by atoms with Crippen LogP contribution in [0.15, 0.2) is 291 Å². The summed E-state index contributed by atoms with van der Waals surface area (Å²) in [7, 11) is 0. The zero-order valence-electron chi connectivity index (χ0n) is 40.6. The molecule has 0 atom stereocenters. The predicted octanol–water partition coefficient (Wildman–Crippen LogP) is 20.0. The number of para-hydroxylation sites is 2. The molecular formula is C72H48N2. The van der Waals surface area contributed by atoms with Gasteiger partial charge < -0.3 is 9.47 Å². The highest BCUT2D eigenvalue weighted by atomic mass is 15.1. The zero-order valence-corrected chi connectivity index (χ0v) is 40.6. The van der Waals surface area contributed by atoms with Crippen LogP contribution in [-0.2, 0) is 0 Å². The Kier molecular flexibility index (Phi) is 10.6. The third kappa shape index (κ3) is 7.52. The molecule has 0 aliphatic rings. The number of fused-ring (bicyclic) bond motifs is 7. The number of nitrogens with zero attached hydrogens (tertiary/aromatic N) is 2. The lowest BCUT2D eigenvalue weighted by molar-refractivity contribution is 1.18. The highest BCUT2D eigenvalue weighted by molar-refractivity contribution is 6.22. The van der Waals surface area contributed by atoms with Gasteiger partial charge in [0.25, 0.3) is 0 Å². The zero-order chi connectivity index (χ0) is 49.0. The van der Waals surface area contributed by atoms with E-state index in [1.165, 1.54) is 104 Å². The normalized spacial score (nSPS) is 11.5. The fourth-order valence-electron chi connectivity index (χ4n) is 11.4. The predicted molar refractivity (Wildman–Crippen MR) is 315 cm³/mol. The Balaban J connectivity index is 0.866. The summed E-state index contributed by atoms with van der Waals surface area (Å²) in [5.41, 5.74) is 18.8. The molecule has 0 spiro atoms. The smallest absolute Gasteiger partial charge is 0.0541 e. The van der Waals surface area contributed by atoms with Crippen molar-refractivity contribution in [2.45, 2.75) is 0 Å². The number of benzene rings is 13. The topological polar surface area (TPSA) is 8.17 Å². The Morgan fingerprint density at radius 3 is 1.23 bits per heavy atom. The van der Waals surface area contributed by atoms with E-state index < -0.39 is 0 Å². The molecule has 14 aromatic rings. The summed E-state index contributed by atoms with van der Waals surface area (Å²) in [6, 6.07) is 106. The van der Waals surface area contributed by atoms with Gasteiger partial charge in [-0.1, -0.05) is 212 Å². The van der Waals surface area contributed by atoms with Crippen LogP contribution in [0.2, 0.25) is 0 Å². The summed E-state index contributed by atoms with van der Waals surface area (Å²) < 4.78 is 2.37. The highest BCUT2D eigenvalue weighted by Gasteiger charge is 2.20. The van der Waals surface area contributed by atoms with Gasteiger partial charge in [0.2, 0.25) is 0 Å². The van der Waals surface area contributed by atoms with Gasteiger partial charge in [0.15, 0.2) is 0 Å². The van der Waals surface area contributed by atoms with E-state index in [0.717, 1.165) is 28.3 Å². The van der Waals surface area contributed by atoms with Gasteiger partial charge in [0, 0.05) is 33.5 Å². The van der Waals surface area contributed by atoms with Crippen LogP contribution in [0.4, 0.5) is 17.1 Å². The number of hydrogen-bond donors (Lipinski definition) is 0. The fraction of sp³-hybridized carbons (Fsp3) is 0. The second kappa shape index (κ2) is 18.1. The van der Waals surface area contributed by atoms with Gasteiger partial charge in [-0.3, -0.25) is 0 Å². The molecule has 0 bridgehead atoms. The molecule has 0 N–H and O–H groups in total. The molecular weight excluding hydrogens is 893 g/mol. The molecule has 2 heteroatoms. The van der Waals surface area contributed by atoms with E-state index in [-0.39, 0.29) is 0 Å². The van der Waals surface area contributed by atoms with Crippen molar-refractivity contribution >= 4 is 71.2 Å². The average molecular weight is 941 g/mol. The monoisotopic (exact) mass is 940 g/mol. The first kappa shape index (κ1) is 43.1. The van der Waals surface area contributed by atoms with Crippen LogP contribution in [0.25, 0.3) is 115 Å². The van der Waals surface area contributed by atoms with E-state index in [1.54, 1.807) is 0 Å². The standard InChI is InChI=1S/C72H48N2/c1-4-17-53(18-5-1)71-66-26-13-12-24-63(66)64-44-36-57(48-68(64)72(71)54-19-6-2-7-20-54)51-32-40-61(41-33-51)73(60-38-30-50(31-39-60)56-29-28-49-16-10-11-21-55(49)46-56)62-42-34-52(35-43-62)58-37-45-70-67(47-58)65-25-14-15-27-69(65)74(70)59-22-8-3-9-23-59/h1-48H. The Morgan fingerprint density at radius 1 is 0.216 bits per heavy atom. The summed E-state index contributed by atoms with van der Waals surface area (Å²) in [6.45, 7) is 0. The molecule has 0 amide bonds. The summed E-state index contributed by atoms with van der Waals surface area (Å²) in [4.78, 5) is 2.38. The Hall–Kier alpha value is -9.76. The molecule has 13 aromatic carbocycles. The van der Waals surface area contributed by atoms with Gasteiger partial charge in [0.05, 0.1) is 11.0 Å². The third-order valence-corrected chi connectivity index (χ3v) is 15.0. The van der Waals surface area contributed by atoms with Crippen molar-refractivity contribution in [2.24, 2.45) is 0 Å². The second-order valence-corrected chi connectivity index (χ2v) is 19.2. The first-order valence-corrected chi connectivity index (χ1v) is 25.5. The molecule has 0 fully saturated rings. The van der Waals surface area contributed by atoms with E-state index in [0.29, 0.717) is 0 Å². The van der Waals surface area contributed by atoms with Gasteiger partial charge in [-0.05, 0) is 167 Å². The van der Waals surface area contributed by atoms with Crippen molar-refractivity contribution in [1.82, 2.24) is 4.57 Å². The first-order chi connectivity index (χ1) is 36.7. The molecule has 1 aromatic heterocycles. The summed E-state index contributed by atoms with van der Waals surface area (Å²) in [6.07, 6.45) is 0. The molecule has 0 aliphatic carbocycles. The first-order valence-electron chi connectivity index (χ1n) is 25.5. The highest BCUT2D eigenvalue weighted by Crippen LogP contribution is 2.46. The molecule has 0 aliphatic heterocycles. The van der Waals surface area contributed by atoms with Crippen LogP contribution in [0, 0.1) is 0 Å². The largest absolute Gasteiger partial charge is 0.311 e. The Morgan fingerprint density at radius 2 is 0.622 bits per heavy atom. The maximum absolute atomic E-state index is 2.41. The van der Waals surface area contributed by atoms with Gasteiger partial charge in [-0.25, -0.2) is 0 Å². The molecule has 0 saturated heterocycles. The third-order valence-electron chi connectivity index (χ3n) is 15.0. The van der Waals surface area contributed by atoms with Crippen molar-refractivity contribution in [3.05, 3.63) is 291 Å². The summed E-state index contributed by atoms with van der Waals surface area (Å²) in [5.74, 6) is 0. The second-order valence-electron chi connectivity index (χ2n) is 19.2. The number of aromatic nitrogens is 1. The van der Waals surface area contributed by atoms with Gasteiger partial charge >= 0.3 is 0 Å². The number of rotatable bonds is 9. The van der Waals surface area contributed by atoms with Crippen molar-refractivity contribution < 1.29 is 0 Å². The minimum atomic E-state index is 1.08. The van der Waals surface area contributed by atoms with Gasteiger partial charge in [-0.15, -0.1) is 0 Å². The lowest BCUT2D eigenvalue weighted by atomic mass is 9.84. The maximum Gasteiger partial charge on any atom is 0.0541 e. The van der Waals surface area contributed by atoms with Crippen molar-refractivity contribution in [3.8, 4) is 61.3 Å². The van der Waals surface area contributed by atoms with Crippen LogP contribution in [0.3, 0.4) is 0 Å². The van der Waals surface area contributed by atoms with E-state index in [9.17, 15) is 0 Å². The summed E-state index contributed by atoms with van der Waals surface area (Å²) in [5, 5.41) is 9.98. The number of hydrogen-bond acceptors (Lipinski definition) is 1. The van der Waals surface area contributed by atoms with Crippen LogP contribution < -0.4 is 4.90 Å². The summed E-state index contributed by atoms with van der Waals surface area (Å²) >= 11 is 0. The molecule has 1 heterocycles. The SMILES string of the molecule is c1ccc(-c2c(-c3ccccc3)c3cc(-c4ccc(N(c5ccc(-c6ccc7ccccc7c6)cc5)c5ccc(-c6ccc7c(c6)c6ccccc6n7-c6ccccc6)cc5)cc4)ccc3c3ccccc23)cc1. The minimum Gasteiger partial charge on any atom is -0.311 e. The number of anilines is 3. The van der Waals surface area contributed by atoms with E-state index in [4.69, 9.17) is 0 Å².